The molecule has 1 N–H and O–H groups in total. The van der Waals surface area contributed by atoms with Gasteiger partial charge in [0.05, 0.1) is 12.7 Å². The van der Waals surface area contributed by atoms with E-state index in [-0.39, 0.29) is 11.6 Å². The molecule has 0 aromatic heterocycles. The third-order valence-electron chi connectivity index (χ3n) is 3.35. The average molecular weight is 241 g/mol. The summed E-state index contributed by atoms with van der Waals surface area (Å²) in [5, 5.41) is 3.36. The van der Waals surface area contributed by atoms with Crippen LogP contribution in [0, 0.1) is 11.6 Å². The highest BCUT2D eigenvalue weighted by molar-refractivity contribution is 5.21. The van der Waals surface area contributed by atoms with Crippen LogP contribution in [-0.4, -0.2) is 18.7 Å². The highest BCUT2D eigenvalue weighted by Gasteiger charge is 2.30. The van der Waals surface area contributed by atoms with E-state index in [1.807, 2.05) is 0 Å². The van der Waals surface area contributed by atoms with E-state index in [4.69, 9.17) is 4.74 Å². The molecule has 0 amide bonds. The molecule has 0 bridgehead atoms. The van der Waals surface area contributed by atoms with Gasteiger partial charge in [-0.2, -0.15) is 0 Å². The molecule has 1 aliphatic rings. The van der Waals surface area contributed by atoms with Gasteiger partial charge in [-0.05, 0) is 31.0 Å². The lowest BCUT2D eigenvalue weighted by atomic mass is 9.96. The molecule has 2 unspecified atom stereocenters. The van der Waals surface area contributed by atoms with Crippen LogP contribution in [-0.2, 0) is 4.74 Å². The predicted octanol–water partition coefficient (Wildman–Crippen LogP) is 2.79. The van der Waals surface area contributed by atoms with Crippen LogP contribution < -0.4 is 5.32 Å². The lowest BCUT2D eigenvalue weighted by Gasteiger charge is -2.38. The van der Waals surface area contributed by atoms with E-state index < -0.39 is 11.6 Å². The molecule has 1 fully saturated rings. The Labute approximate surface area is 100.0 Å². The summed E-state index contributed by atoms with van der Waals surface area (Å²) in [6, 6.07) is 3.52. The van der Waals surface area contributed by atoms with Crippen molar-refractivity contribution in [2.24, 2.45) is 0 Å². The van der Waals surface area contributed by atoms with Gasteiger partial charge in [-0.15, -0.1) is 0 Å². The van der Waals surface area contributed by atoms with E-state index in [1.165, 1.54) is 12.1 Å². The van der Waals surface area contributed by atoms with Crippen molar-refractivity contribution in [2.45, 2.75) is 31.9 Å². The predicted molar refractivity (Wildman–Crippen MR) is 61.7 cm³/mol. The van der Waals surface area contributed by atoms with Crippen LogP contribution in [0.3, 0.4) is 0 Å². The summed E-state index contributed by atoms with van der Waals surface area (Å²) in [6.07, 6.45) is 0.678. The van der Waals surface area contributed by atoms with Crippen molar-refractivity contribution in [2.75, 3.05) is 13.2 Å². The molecule has 0 saturated carbocycles. The maximum absolute atomic E-state index is 13.1. The number of morpholine rings is 1. The van der Waals surface area contributed by atoms with Gasteiger partial charge in [0.25, 0.3) is 0 Å². The number of rotatable bonds is 2. The topological polar surface area (TPSA) is 21.3 Å². The second kappa shape index (κ2) is 4.70. The number of benzene rings is 1. The third kappa shape index (κ3) is 2.82. The molecule has 2 atom stereocenters. The van der Waals surface area contributed by atoms with Crippen molar-refractivity contribution in [3.8, 4) is 0 Å². The standard InChI is InChI=1S/C13H17F2NO/c1-3-13(2)8-17-12(7-16-13)9-4-10(14)6-11(15)5-9/h4-6,12,16H,3,7-8H2,1-2H3. The van der Waals surface area contributed by atoms with E-state index in [0.717, 1.165) is 12.5 Å². The number of nitrogens with one attached hydrogen (secondary N) is 1. The maximum Gasteiger partial charge on any atom is 0.126 e. The molecule has 94 valence electrons. The minimum atomic E-state index is -0.563. The van der Waals surface area contributed by atoms with Gasteiger partial charge in [-0.3, -0.25) is 0 Å². The maximum atomic E-state index is 13.1. The van der Waals surface area contributed by atoms with Crippen molar-refractivity contribution in [3.63, 3.8) is 0 Å². The molecule has 1 aromatic rings. The van der Waals surface area contributed by atoms with E-state index in [0.29, 0.717) is 18.7 Å². The van der Waals surface area contributed by atoms with Crippen molar-refractivity contribution in [1.82, 2.24) is 5.32 Å². The Bertz CT molecular complexity index is 380. The first-order chi connectivity index (χ1) is 8.02. The lowest BCUT2D eigenvalue weighted by Crippen LogP contribution is -2.52. The fourth-order valence-electron chi connectivity index (χ4n) is 1.94. The Morgan fingerprint density at radius 2 is 2.00 bits per heavy atom. The minimum Gasteiger partial charge on any atom is -0.370 e. The van der Waals surface area contributed by atoms with E-state index >= 15 is 0 Å². The summed E-state index contributed by atoms with van der Waals surface area (Å²) in [6.45, 7) is 5.29. The van der Waals surface area contributed by atoms with Crippen LogP contribution >= 0.6 is 0 Å². The summed E-state index contributed by atoms with van der Waals surface area (Å²) in [4.78, 5) is 0. The Morgan fingerprint density at radius 1 is 1.35 bits per heavy atom. The second-order valence-corrected chi connectivity index (χ2v) is 4.80. The van der Waals surface area contributed by atoms with Gasteiger partial charge < -0.3 is 10.1 Å². The largest absolute Gasteiger partial charge is 0.370 e. The van der Waals surface area contributed by atoms with Gasteiger partial charge >= 0.3 is 0 Å². The van der Waals surface area contributed by atoms with Crippen LogP contribution in [0.4, 0.5) is 8.78 Å². The van der Waals surface area contributed by atoms with Gasteiger partial charge in [0, 0.05) is 18.2 Å². The molecule has 1 aliphatic heterocycles. The first kappa shape index (κ1) is 12.5. The summed E-state index contributed by atoms with van der Waals surface area (Å²) in [5.74, 6) is -1.13. The van der Waals surface area contributed by atoms with Crippen molar-refractivity contribution in [3.05, 3.63) is 35.4 Å². The van der Waals surface area contributed by atoms with Gasteiger partial charge in [-0.1, -0.05) is 6.92 Å². The smallest absolute Gasteiger partial charge is 0.126 e. The van der Waals surface area contributed by atoms with Crippen LogP contribution in [0.1, 0.15) is 31.9 Å². The van der Waals surface area contributed by atoms with Crippen LogP contribution in [0.15, 0.2) is 18.2 Å². The molecule has 1 aromatic carbocycles. The van der Waals surface area contributed by atoms with Gasteiger partial charge in [0.2, 0.25) is 0 Å². The number of hydrogen-bond donors (Lipinski definition) is 1. The van der Waals surface area contributed by atoms with Crippen molar-refractivity contribution < 1.29 is 13.5 Å². The highest BCUT2D eigenvalue weighted by atomic mass is 19.1. The van der Waals surface area contributed by atoms with Gasteiger partial charge in [0.15, 0.2) is 0 Å². The Morgan fingerprint density at radius 3 is 2.47 bits per heavy atom. The lowest BCUT2D eigenvalue weighted by molar-refractivity contribution is -0.0301. The third-order valence-corrected chi connectivity index (χ3v) is 3.35. The first-order valence-electron chi connectivity index (χ1n) is 5.85. The Balaban J connectivity index is 2.10. The zero-order valence-corrected chi connectivity index (χ0v) is 10.1. The molecular formula is C13H17F2NO. The Hall–Kier alpha value is -1.00. The SMILES string of the molecule is CCC1(C)COC(c2cc(F)cc(F)c2)CN1. The molecule has 1 heterocycles. The molecule has 2 nitrogen and oxygen atoms in total. The molecule has 17 heavy (non-hydrogen) atoms. The fraction of sp³-hybridized carbons (Fsp3) is 0.538. The molecule has 0 aliphatic carbocycles. The molecule has 1 saturated heterocycles. The molecule has 0 radical (unpaired) electrons. The average Bonchev–Trinajstić information content (AvgIpc) is 2.29. The van der Waals surface area contributed by atoms with Gasteiger partial charge in [-0.25, -0.2) is 8.78 Å². The molecular weight excluding hydrogens is 224 g/mol. The zero-order valence-electron chi connectivity index (χ0n) is 10.1. The minimum absolute atomic E-state index is 0.0393. The highest BCUT2D eigenvalue weighted by Crippen LogP contribution is 2.26. The second-order valence-electron chi connectivity index (χ2n) is 4.80. The number of hydrogen-bond acceptors (Lipinski definition) is 2. The molecule has 2 rings (SSSR count). The number of halogens is 2. The van der Waals surface area contributed by atoms with Gasteiger partial charge in [0.1, 0.15) is 11.6 Å². The summed E-state index contributed by atoms with van der Waals surface area (Å²) in [5.41, 5.74) is 0.510. The molecule has 0 spiro atoms. The fourth-order valence-corrected chi connectivity index (χ4v) is 1.94. The van der Waals surface area contributed by atoms with Crippen molar-refractivity contribution >= 4 is 0 Å². The van der Waals surface area contributed by atoms with E-state index in [2.05, 4.69) is 19.2 Å². The van der Waals surface area contributed by atoms with Crippen LogP contribution in [0.5, 0.6) is 0 Å². The summed E-state index contributed by atoms with van der Waals surface area (Å²) < 4.78 is 31.9. The van der Waals surface area contributed by atoms with Crippen LogP contribution in [0.2, 0.25) is 0 Å². The summed E-state index contributed by atoms with van der Waals surface area (Å²) >= 11 is 0. The van der Waals surface area contributed by atoms with E-state index in [1.54, 1.807) is 0 Å². The normalized spacial score (nSPS) is 29.3. The number of ether oxygens (including phenoxy) is 1. The monoisotopic (exact) mass is 241 g/mol. The first-order valence-corrected chi connectivity index (χ1v) is 5.85. The quantitative estimate of drug-likeness (QED) is 0.859. The Kier molecular flexibility index (Phi) is 3.45. The zero-order chi connectivity index (χ0) is 12.5. The molecule has 4 heteroatoms. The summed E-state index contributed by atoms with van der Waals surface area (Å²) in [7, 11) is 0. The van der Waals surface area contributed by atoms with E-state index in [9.17, 15) is 8.78 Å². The van der Waals surface area contributed by atoms with Crippen molar-refractivity contribution in [1.29, 1.82) is 0 Å². The van der Waals surface area contributed by atoms with Crippen LogP contribution in [0.25, 0.3) is 0 Å².